The van der Waals surface area contributed by atoms with Crippen molar-refractivity contribution in [2.24, 2.45) is 5.10 Å². The zero-order valence-electron chi connectivity index (χ0n) is 14.8. The van der Waals surface area contributed by atoms with Gasteiger partial charge in [-0.15, -0.1) is 0 Å². The number of ether oxygens (including phenoxy) is 1. The Balaban J connectivity index is 1.64. The molecule has 3 aromatic rings. The van der Waals surface area contributed by atoms with E-state index in [1.54, 1.807) is 19.1 Å². The molecule has 1 atom stereocenters. The number of hydrogen-bond donors (Lipinski definition) is 2. The monoisotopic (exact) mass is 347 g/mol. The van der Waals surface area contributed by atoms with Crippen molar-refractivity contribution in [1.29, 1.82) is 0 Å². The van der Waals surface area contributed by atoms with Gasteiger partial charge < -0.3 is 10.5 Å². The zero-order valence-corrected chi connectivity index (χ0v) is 14.8. The van der Waals surface area contributed by atoms with Crippen LogP contribution in [-0.4, -0.2) is 17.7 Å². The van der Waals surface area contributed by atoms with Crippen molar-refractivity contribution in [2.45, 2.75) is 20.0 Å². The van der Waals surface area contributed by atoms with Crippen molar-refractivity contribution in [2.75, 3.05) is 5.73 Å². The Morgan fingerprint density at radius 3 is 2.58 bits per heavy atom. The lowest BCUT2D eigenvalue weighted by Crippen LogP contribution is -2.33. The van der Waals surface area contributed by atoms with Gasteiger partial charge in [0.2, 0.25) is 0 Å². The van der Waals surface area contributed by atoms with Gasteiger partial charge >= 0.3 is 0 Å². The lowest BCUT2D eigenvalue weighted by Gasteiger charge is -2.14. The molecule has 0 radical (unpaired) electrons. The molecule has 3 rings (SSSR count). The highest BCUT2D eigenvalue weighted by Crippen LogP contribution is 2.21. The van der Waals surface area contributed by atoms with E-state index in [-0.39, 0.29) is 5.91 Å². The molecule has 0 aliphatic rings. The van der Waals surface area contributed by atoms with E-state index >= 15 is 0 Å². The van der Waals surface area contributed by atoms with Crippen LogP contribution in [0.1, 0.15) is 19.4 Å². The highest BCUT2D eigenvalue weighted by Gasteiger charge is 2.14. The third-order valence-electron chi connectivity index (χ3n) is 4.04. The van der Waals surface area contributed by atoms with Gasteiger partial charge in [-0.3, -0.25) is 4.79 Å². The molecular weight excluding hydrogens is 326 g/mol. The van der Waals surface area contributed by atoms with Crippen molar-refractivity contribution >= 4 is 28.1 Å². The second-order valence-electron chi connectivity index (χ2n) is 6.07. The number of amides is 1. The number of hydrazone groups is 1. The molecule has 0 saturated heterocycles. The van der Waals surface area contributed by atoms with Gasteiger partial charge in [-0.2, -0.15) is 5.10 Å². The molecular formula is C21H21N3O2. The van der Waals surface area contributed by atoms with Crippen LogP contribution >= 0.6 is 0 Å². The fourth-order valence-electron chi connectivity index (χ4n) is 2.56. The second kappa shape index (κ2) is 7.70. The predicted molar refractivity (Wildman–Crippen MR) is 105 cm³/mol. The SMILES string of the molecule is C/C(=N\NC(=O)[C@@H](C)Oc1ccc2ccccc2c1)c1cccc(N)c1. The third kappa shape index (κ3) is 4.19. The normalized spacial score (nSPS) is 12.6. The van der Waals surface area contributed by atoms with Crippen LogP contribution in [-0.2, 0) is 4.79 Å². The quantitative estimate of drug-likeness (QED) is 0.419. The number of hydrogen-bond acceptors (Lipinski definition) is 4. The Kier molecular flexibility index (Phi) is 5.17. The maximum atomic E-state index is 12.2. The van der Waals surface area contributed by atoms with Crippen molar-refractivity contribution in [3.8, 4) is 5.75 Å². The highest BCUT2D eigenvalue weighted by atomic mass is 16.5. The first-order valence-corrected chi connectivity index (χ1v) is 8.38. The minimum atomic E-state index is -0.673. The molecule has 0 bridgehead atoms. The second-order valence-corrected chi connectivity index (χ2v) is 6.07. The summed E-state index contributed by atoms with van der Waals surface area (Å²) in [7, 11) is 0. The summed E-state index contributed by atoms with van der Waals surface area (Å²) in [5.41, 5.74) is 10.5. The smallest absolute Gasteiger partial charge is 0.280 e. The molecule has 5 nitrogen and oxygen atoms in total. The van der Waals surface area contributed by atoms with E-state index in [9.17, 15) is 4.79 Å². The average Bonchev–Trinajstić information content (AvgIpc) is 2.65. The molecule has 0 heterocycles. The summed E-state index contributed by atoms with van der Waals surface area (Å²) in [6.07, 6.45) is -0.673. The number of nitrogens with one attached hydrogen (secondary N) is 1. The molecule has 0 unspecified atom stereocenters. The zero-order chi connectivity index (χ0) is 18.5. The molecule has 26 heavy (non-hydrogen) atoms. The van der Waals surface area contributed by atoms with E-state index in [0.717, 1.165) is 16.3 Å². The number of fused-ring (bicyclic) bond motifs is 1. The summed E-state index contributed by atoms with van der Waals surface area (Å²) in [6.45, 7) is 3.50. The lowest BCUT2D eigenvalue weighted by molar-refractivity contribution is -0.127. The van der Waals surface area contributed by atoms with Gasteiger partial charge in [-0.1, -0.05) is 42.5 Å². The number of nitrogen functional groups attached to an aromatic ring is 1. The van der Waals surface area contributed by atoms with E-state index in [1.165, 1.54) is 0 Å². The Morgan fingerprint density at radius 2 is 1.81 bits per heavy atom. The Hall–Kier alpha value is -3.34. The summed E-state index contributed by atoms with van der Waals surface area (Å²) in [6, 6.07) is 21.1. The summed E-state index contributed by atoms with van der Waals surface area (Å²) in [4.78, 5) is 12.2. The topological polar surface area (TPSA) is 76.7 Å². The van der Waals surface area contributed by atoms with E-state index in [2.05, 4.69) is 10.5 Å². The van der Waals surface area contributed by atoms with Gasteiger partial charge in [0.1, 0.15) is 5.75 Å². The first-order valence-electron chi connectivity index (χ1n) is 8.38. The van der Waals surface area contributed by atoms with Gasteiger partial charge in [0.15, 0.2) is 6.10 Å². The number of carbonyl (C=O) groups is 1. The minimum absolute atomic E-state index is 0.318. The van der Waals surface area contributed by atoms with Gasteiger partial charge in [0, 0.05) is 5.69 Å². The summed E-state index contributed by atoms with van der Waals surface area (Å²) >= 11 is 0. The van der Waals surface area contributed by atoms with Crippen LogP contribution in [0.15, 0.2) is 71.8 Å². The molecule has 0 aliphatic heterocycles. The maximum Gasteiger partial charge on any atom is 0.280 e. The summed E-state index contributed by atoms with van der Waals surface area (Å²) in [5.74, 6) is 0.323. The number of nitrogens with two attached hydrogens (primary N) is 1. The van der Waals surface area contributed by atoms with Crippen LogP contribution in [0, 0.1) is 0 Å². The van der Waals surface area contributed by atoms with E-state index in [0.29, 0.717) is 17.1 Å². The van der Waals surface area contributed by atoms with E-state index in [1.807, 2.05) is 61.5 Å². The van der Waals surface area contributed by atoms with Crippen LogP contribution in [0.5, 0.6) is 5.75 Å². The lowest BCUT2D eigenvalue weighted by atomic mass is 10.1. The highest BCUT2D eigenvalue weighted by molar-refractivity contribution is 6.00. The third-order valence-corrected chi connectivity index (χ3v) is 4.04. The Morgan fingerprint density at radius 1 is 1.04 bits per heavy atom. The summed E-state index contributed by atoms with van der Waals surface area (Å²) < 4.78 is 5.74. The van der Waals surface area contributed by atoms with Gasteiger partial charge in [0.05, 0.1) is 5.71 Å². The standard InChI is InChI=1S/C21H21N3O2/c1-14(17-8-5-9-19(22)12-17)23-24-21(25)15(2)26-20-11-10-16-6-3-4-7-18(16)13-20/h3-13,15H,22H2,1-2H3,(H,24,25)/b23-14+/t15-/m1/s1. The largest absolute Gasteiger partial charge is 0.481 e. The molecule has 5 heteroatoms. The number of carbonyl (C=O) groups excluding carboxylic acids is 1. The molecule has 132 valence electrons. The maximum absolute atomic E-state index is 12.2. The average molecular weight is 347 g/mol. The van der Waals surface area contributed by atoms with Crippen molar-refractivity contribution in [1.82, 2.24) is 5.43 Å². The van der Waals surface area contributed by atoms with Crippen LogP contribution < -0.4 is 15.9 Å². The number of anilines is 1. The molecule has 3 aromatic carbocycles. The van der Waals surface area contributed by atoms with Crippen molar-refractivity contribution in [3.63, 3.8) is 0 Å². The molecule has 0 aliphatic carbocycles. The van der Waals surface area contributed by atoms with Crippen LogP contribution in [0.4, 0.5) is 5.69 Å². The Bertz CT molecular complexity index is 966. The van der Waals surface area contributed by atoms with Gasteiger partial charge in [0.25, 0.3) is 5.91 Å². The van der Waals surface area contributed by atoms with E-state index < -0.39 is 6.10 Å². The first-order chi connectivity index (χ1) is 12.5. The fraction of sp³-hybridized carbons (Fsp3) is 0.143. The molecule has 3 N–H and O–H groups in total. The molecule has 0 saturated carbocycles. The minimum Gasteiger partial charge on any atom is -0.481 e. The van der Waals surface area contributed by atoms with Crippen molar-refractivity contribution < 1.29 is 9.53 Å². The number of nitrogens with zero attached hydrogens (tertiary/aromatic N) is 1. The predicted octanol–water partition coefficient (Wildman–Crippen LogP) is 3.73. The summed E-state index contributed by atoms with van der Waals surface area (Å²) in [5, 5.41) is 6.32. The van der Waals surface area contributed by atoms with Gasteiger partial charge in [-0.25, -0.2) is 5.43 Å². The Labute approximate surface area is 152 Å². The number of benzene rings is 3. The fourth-order valence-corrected chi connectivity index (χ4v) is 2.56. The number of rotatable bonds is 5. The van der Waals surface area contributed by atoms with Crippen molar-refractivity contribution in [3.05, 3.63) is 72.3 Å². The molecule has 0 aromatic heterocycles. The van der Waals surface area contributed by atoms with E-state index in [4.69, 9.17) is 10.5 Å². The molecule has 0 spiro atoms. The van der Waals surface area contributed by atoms with Gasteiger partial charge in [-0.05, 0) is 54.4 Å². The van der Waals surface area contributed by atoms with Crippen LogP contribution in [0.2, 0.25) is 0 Å². The first kappa shape index (κ1) is 17.5. The van der Waals surface area contributed by atoms with Crippen LogP contribution in [0.3, 0.4) is 0 Å². The molecule has 1 amide bonds. The molecule has 0 fully saturated rings. The van der Waals surface area contributed by atoms with Crippen LogP contribution in [0.25, 0.3) is 10.8 Å².